The molecular formula is C22H34N4O2. The average Bonchev–Trinajstić information content (AvgIpc) is 3.34. The summed E-state index contributed by atoms with van der Waals surface area (Å²) < 4.78 is 6.27. The molecule has 0 aromatic heterocycles. The van der Waals surface area contributed by atoms with Crippen LogP contribution in [-0.2, 0) is 11.3 Å². The SMILES string of the molecule is CN=C(NCCCC(=O)NC1CC1)NCc1ccc(C)cc1OC1CCCC1. The maximum atomic E-state index is 11.7. The summed E-state index contributed by atoms with van der Waals surface area (Å²) in [6.07, 6.45) is 8.78. The number of hydrogen-bond donors (Lipinski definition) is 3. The molecule has 1 amide bonds. The maximum absolute atomic E-state index is 11.7. The number of aliphatic imine (C=N–C) groups is 1. The van der Waals surface area contributed by atoms with Crippen molar-refractivity contribution in [1.82, 2.24) is 16.0 Å². The van der Waals surface area contributed by atoms with Crippen molar-refractivity contribution in [2.24, 2.45) is 4.99 Å². The summed E-state index contributed by atoms with van der Waals surface area (Å²) in [6, 6.07) is 6.81. The van der Waals surface area contributed by atoms with E-state index >= 15 is 0 Å². The monoisotopic (exact) mass is 386 g/mol. The lowest BCUT2D eigenvalue weighted by molar-refractivity contribution is -0.121. The van der Waals surface area contributed by atoms with E-state index in [-0.39, 0.29) is 5.91 Å². The van der Waals surface area contributed by atoms with Crippen LogP contribution >= 0.6 is 0 Å². The second-order valence-electron chi connectivity index (χ2n) is 7.93. The van der Waals surface area contributed by atoms with Crippen LogP contribution in [0, 0.1) is 6.92 Å². The number of amides is 1. The molecule has 0 bridgehead atoms. The van der Waals surface area contributed by atoms with E-state index < -0.39 is 0 Å². The van der Waals surface area contributed by atoms with Crippen LogP contribution in [0.25, 0.3) is 0 Å². The molecule has 6 nitrogen and oxygen atoms in total. The largest absolute Gasteiger partial charge is 0.490 e. The standard InChI is InChI=1S/C22H34N4O2/c1-16-9-10-17(20(14-16)28-19-6-3-4-7-19)15-25-22(23-2)24-13-5-8-21(27)26-18-11-12-18/h9-10,14,18-19H,3-8,11-13,15H2,1-2H3,(H,26,27)(H2,23,24,25). The van der Waals surface area contributed by atoms with E-state index in [9.17, 15) is 4.79 Å². The number of nitrogens with zero attached hydrogens (tertiary/aromatic N) is 1. The van der Waals surface area contributed by atoms with Crippen molar-refractivity contribution in [2.45, 2.75) is 77.0 Å². The number of carbonyl (C=O) groups is 1. The first-order valence-electron chi connectivity index (χ1n) is 10.6. The van der Waals surface area contributed by atoms with Crippen molar-refractivity contribution in [3.63, 3.8) is 0 Å². The van der Waals surface area contributed by atoms with Gasteiger partial charge in [-0.25, -0.2) is 0 Å². The summed E-state index contributed by atoms with van der Waals surface area (Å²) in [5, 5.41) is 9.66. The zero-order chi connectivity index (χ0) is 19.8. The Morgan fingerprint density at radius 3 is 2.68 bits per heavy atom. The first kappa shape index (κ1) is 20.5. The molecule has 2 aliphatic carbocycles. The van der Waals surface area contributed by atoms with Gasteiger partial charge in [-0.2, -0.15) is 0 Å². The molecule has 0 atom stereocenters. The number of guanidine groups is 1. The molecule has 154 valence electrons. The van der Waals surface area contributed by atoms with Gasteiger partial charge in [-0.3, -0.25) is 9.79 Å². The van der Waals surface area contributed by atoms with Crippen LogP contribution in [0.2, 0.25) is 0 Å². The minimum Gasteiger partial charge on any atom is -0.490 e. The van der Waals surface area contributed by atoms with E-state index in [1.807, 2.05) is 0 Å². The van der Waals surface area contributed by atoms with Crippen LogP contribution in [0.3, 0.4) is 0 Å². The summed E-state index contributed by atoms with van der Waals surface area (Å²) in [4.78, 5) is 16.0. The number of carbonyl (C=O) groups excluding carboxylic acids is 1. The molecule has 1 aromatic rings. The molecule has 2 aliphatic rings. The van der Waals surface area contributed by atoms with Gasteiger partial charge >= 0.3 is 0 Å². The summed E-state index contributed by atoms with van der Waals surface area (Å²) in [7, 11) is 1.76. The molecule has 0 radical (unpaired) electrons. The summed E-state index contributed by atoms with van der Waals surface area (Å²) >= 11 is 0. The lowest BCUT2D eigenvalue weighted by atomic mass is 10.1. The van der Waals surface area contributed by atoms with Gasteiger partial charge in [0.15, 0.2) is 5.96 Å². The Balaban J connectivity index is 1.42. The van der Waals surface area contributed by atoms with Gasteiger partial charge in [0, 0.05) is 38.2 Å². The van der Waals surface area contributed by atoms with Crippen molar-refractivity contribution >= 4 is 11.9 Å². The van der Waals surface area contributed by atoms with Crippen molar-refractivity contribution in [3.8, 4) is 5.75 Å². The van der Waals surface area contributed by atoms with E-state index in [0.717, 1.165) is 55.9 Å². The van der Waals surface area contributed by atoms with Gasteiger partial charge < -0.3 is 20.7 Å². The average molecular weight is 387 g/mol. The molecule has 0 aliphatic heterocycles. The predicted octanol–water partition coefficient (Wildman–Crippen LogP) is 3.04. The van der Waals surface area contributed by atoms with Crippen LogP contribution in [-0.4, -0.2) is 37.6 Å². The summed E-state index contributed by atoms with van der Waals surface area (Å²) in [5.41, 5.74) is 2.35. The van der Waals surface area contributed by atoms with Crippen LogP contribution in [0.1, 0.15) is 62.5 Å². The molecule has 6 heteroatoms. The molecule has 1 aromatic carbocycles. The van der Waals surface area contributed by atoms with Crippen LogP contribution in [0.5, 0.6) is 5.75 Å². The molecule has 3 rings (SSSR count). The third-order valence-electron chi connectivity index (χ3n) is 5.30. The van der Waals surface area contributed by atoms with E-state index in [2.05, 4.69) is 46.1 Å². The van der Waals surface area contributed by atoms with E-state index in [0.29, 0.717) is 25.1 Å². The highest BCUT2D eigenvalue weighted by atomic mass is 16.5. The molecular weight excluding hydrogens is 352 g/mol. The number of benzene rings is 1. The van der Waals surface area contributed by atoms with Gasteiger partial charge in [-0.05, 0) is 63.5 Å². The van der Waals surface area contributed by atoms with Crippen LogP contribution < -0.4 is 20.7 Å². The Labute approximate surface area is 168 Å². The smallest absolute Gasteiger partial charge is 0.220 e. The molecule has 3 N–H and O–H groups in total. The molecule has 2 fully saturated rings. The first-order valence-corrected chi connectivity index (χ1v) is 10.6. The summed E-state index contributed by atoms with van der Waals surface area (Å²) in [5.74, 6) is 1.88. The van der Waals surface area contributed by atoms with Gasteiger partial charge in [0.25, 0.3) is 0 Å². The van der Waals surface area contributed by atoms with Gasteiger partial charge in [-0.1, -0.05) is 12.1 Å². The fourth-order valence-corrected chi connectivity index (χ4v) is 3.49. The Morgan fingerprint density at radius 1 is 1.18 bits per heavy atom. The molecule has 28 heavy (non-hydrogen) atoms. The van der Waals surface area contributed by atoms with E-state index in [1.165, 1.54) is 18.4 Å². The third kappa shape index (κ3) is 6.73. The highest BCUT2D eigenvalue weighted by molar-refractivity contribution is 5.80. The topological polar surface area (TPSA) is 74.8 Å². The molecule has 0 heterocycles. The molecule has 0 spiro atoms. The van der Waals surface area contributed by atoms with Crippen LogP contribution in [0.15, 0.2) is 23.2 Å². The fourth-order valence-electron chi connectivity index (χ4n) is 3.49. The van der Waals surface area contributed by atoms with Crippen LogP contribution in [0.4, 0.5) is 0 Å². The van der Waals surface area contributed by atoms with Crippen molar-refractivity contribution in [3.05, 3.63) is 29.3 Å². The fraction of sp³-hybridized carbons (Fsp3) is 0.636. The third-order valence-corrected chi connectivity index (χ3v) is 5.30. The Kier molecular flexibility index (Phi) is 7.57. The lowest BCUT2D eigenvalue weighted by Crippen LogP contribution is -2.37. The second kappa shape index (κ2) is 10.3. The molecule has 2 saturated carbocycles. The summed E-state index contributed by atoms with van der Waals surface area (Å²) in [6.45, 7) is 3.47. The van der Waals surface area contributed by atoms with Gasteiger partial charge in [0.1, 0.15) is 5.75 Å². The maximum Gasteiger partial charge on any atom is 0.220 e. The highest BCUT2D eigenvalue weighted by Crippen LogP contribution is 2.27. The Morgan fingerprint density at radius 2 is 1.96 bits per heavy atom. The van der Waals surface area contributed by atoms with Gasteiger partial charge in [0.05, 0.1) is 6.10 Å². The number of ether oxygens (including phenoxy) is 1. The zero-order valence-electron chi connectivity index (χ0n) is 17.2. The number of nitrogens with one attached hydrogen (secondary N) is 3. The number of rotatable bonds is 9. The Hall–Kier alpha value is -2.24. The number of aryl methyl sites for hydroxylation is 1. The highest BCUT2D eigenvalue weighted by Gasteiger charge is 2.22. The Bertz CT molecular complexity index is 679. The van der Waals surface area contributed by atoms with Crippen molar-refractivity contribution in [2.75, 3.05) is 13.6 Å². The second-order valence-corrected chi connectivity index (χ2v) is 7.93. The quantitative estimate of drug-likeness (QED) is 0.346. The van der Waals surface area contributed by atoms with Crippen molar-refractivity contribution < 1.29 is 9.53 Å². The minimum absolute atomic E-state index is 0.153. The predicted molar refractivity (Wildman–Crippen MR) is 113 cm³/mol. The lowest BCUT2D eigenvalue weighted by Gasteiger charge is -2.18. The molecule has 0 saturated heterocycles. The van der Waals surface area contributed by atoms with E-state index in [4.69, 9.17) is 4.74 Å². The van der Waals surface area contributed by atoms with Gasteiger partial charge in [-0.15, -0.1) is 0 Å². The van der Waals surface area contributed by atoms with E-state index in [1.54, 1.807) is 7.05 Å². The zero-order valence-corrected chi connectivity index (χ0v) is 17.2. The first-order chi connectivity index (χ1) is 13.6. The molecule has 0 unspecified atom stereocenters. The van der Waals surface area contributed by atoms with Crippen molar-refractivity contribution in [1.29, 1.82) is 0 Å². The van der Waals surface area contributed by atoms with Gasteiger partial charge in [0.2, 0.25) is 5.91 Å². The minimum atomic E-state index is 0.153. The normalized spacial score (nSPS) is 17.4. The number of hydrogen-bond acceptors (Lipinski definition) is 3.